The predicted molar refractivity (Wildman–Crippen MR) is 72.6 cm³/mol. The first kappa shape index (κ1) is 14.4. The van der Waals surface area contributed by atoms with Crippen LogP contribution in [0.1, 0.15) is 0 Å². The first-order valence-corrected chi connectivity index (χ1v) is 7.42. The summed E-state index contributed by atoms with van der Waals surface area (Å²) < 4.78 is 27.6. The molecule has 1 heterocycles. The number of anilines is 1. The van der Waals surface area contributed by atoms with Crippen LogP contribution < -0.4 is 4.72 Å². The molecule has 0 saturated heterocycles. The Morgan fingerprint density at radius 2 is 2.05 bits per heavy atom. The van der Waals surface area contributed by atoms with Gasteiger partial charge in [-0.3, -0.25) is 14.8 Å². The van der Waals surface area contributed by atoms with Crippen molar-refractivity contribution in [2.24, 2.45) is 7.05 Å². The number of nitrogens with one attached hydrogen (secondary N) is 1. The largest absolute Gasteiger partial charge is 0.293 e. The average Bonchev–Trinajstić information content (AvgIpc) is 2.69. The number of nitro benzene ring substituents is 1. The summed E-state index contributed by atoms with van der Waals surface area (Å²) in [6, 6.07) is 5.43. The van der Waals surface area contributed by atoms with Crippen molar-refractivity contribution in [3.8, 4) is 0 Å². The van der Waals surface area contributed by atoms with Crippen LogP contribution in [-0.4, -0.2) is 28.3 Å². The number of halogens is 1. The number of rotatable bonds is 4. The van der Waals surface area contributed by atoms with Crippen molar-refractivity contribution in [1.29, 1.82) is 0 Å². The molecule has 0 aliphatic rings. The molecule has 0 unspecified atom stereocenters. The molecule has 0 amide bonds. The van der Waals surface area contributed by atoms with Crippen molar-refractivity contribution >= 4 is 37.3 Å². The second-order valence-corrected chi connectivity index (χ2v) is 6.04. The maximum Gasteiger partial charge on any atom is 0.293 e. The molecular weight excluding hydrogens is 354 g/mol. The molecule has 2 aromatic rings. The molecule has 9 nitrogen and oxygen atoms in total. The van der Waals surface area contributed by atoms with Gasteiger partial charge in [0.2, 0.25) is 5.03 Å². The number of hydrogen-bond acceptors (Lipinski definition) is 6. The van der Waals surface area contributed by atoms with Crippen molar-refractivity contribution in [2.45, 2.75) is 5.03 Å². The minimum Gasteiger partial charge on any atom is -0.272 e. The molecule has 0 fully saturated rings. The van der Waals surface area contributed by atoms with Gasteiger partial charge in [0.05, 0.1) is 4.92 Å². The zero-order chi connectivity index (χ0) is 14.9. The smallest absolute Gasteiger partial charge is 0.272 e. The Morgan fingerprint density at radius 3 is 2.60 bits per heavy atom. The lowest BCUT2D eigenvalue weighted by Crippen LogP contribution is -2.17. The number of nitrogens with zero attached hydrogens (tertiary/aromatic N) is 4. The molecule has 0 atom stereocenters. The average molecular weight is 362 g/mol. The van der Waals surface area contributed by atoms with Gasteiger partial charge in [0.1, 0.15) is 5.69 Å². The van der Waals surface area contributed by atoms with E-state index in [0.29, 0.717) is 0 Å². The molecule has 0 saturated carbocycles. The van der Waals surface area contributed by atoms with E-state index in [1.165, 1.54) is 31.3 Å². The minimum absolute atomic E-state index is 0.0195. The summed E-state index contributed by atoms with van der Waals surface area (Å²) in [6.07, 6.45) is 0. The lowest BCUT2D eigenvalue weighted by atomic mass is 10.3. The third kappa shape index (κ3) is 2.63. The highest BCUT2D eigenvalue weighted by Crippen LogP contribution is 2.27. The van der Waals surface area contributed by atoms with E-state index in [0.717, 1.165) is 4.68 Å². The van der Waals surface area contributed by atoms with Gasteiger partial charge in [0, 0.05) is 13.1 Å². The quantitative estimate of drug-likeness (QED) is 0.646. The maximum atomic E-state index is 12.2. The fraction of sp³-hybridized carbons (Fsp3) is 0.111. The second kappa shape index (κ2) is 5.17. The lowest BCUT2D eigenvalue weighted by molar-refractivity contribution is -0.383. The molecule has 0 aliphatic carbocycles. The van der Waals surface area contributed by atoms with E-state index in [2.05, 4.69) is 31.0 Å². The van der Waals surface area contributed by atoms with E-state index in [9.17, 15) is 18.5 Å². The van der Waals surface area contributed by atoms with Gasteiger partial charge in [-0.05, 0) is 22.0 Å². The van der Waals surface area contributed by atoms with Crippen LogP contribution >= 0.6 is 15.9 Å². The predicted octanol–water partition coefficient (Wildman–Crippen LogP) is 1.29. The Kier molecular flexibility index (Phi) is 3.72. The van der Waals surface area contributed by atoms with Crippen molar-refractivity contribution in [3.63, 3.8) is 0 Å². The van der Waals surface area contributed by atoms with E-state index >= 15 is 0 Å². The zero-order valence-electron chi connectivity index (χ0n) is 10.0. The second-order valence-electron chi connectivity index (χ2n) is 3.69. The molecule has 1 N–H and O–H groups in total. The van der Waals surface area contributed by atoms with Crippen LogP contribution in [0.5, 0.6) is 0 Å². The van der Waals surface area contributed by atoms with Crippen molar-refractivity contribution in [3.05, 3.63) is 39.0 Å². The van der Waals surface area contributed by atoms with Crippen molar-refractivity contribution in [1.82, 2.24) is 15.0 Å². The number of aryl methyl sites for hydroxylation is 1. The van der Waals surface area contributed by atoms with Gasteiger partial charge in [0.15, 0.2) is 4.60 Å². The van der Waals surface area contributed by atoms with Gasteiger partial charge >= 0.3 is 0 Å². The first-order valence-electron chi connectivity index (χ1n) is 5.14. The number of aromatic nitrogens is 3. The topological polar surface area (TPSA) is 120 Å². The molecule has 0 bridgehead atoms. The summed E-state index contributed by atoms with van der Waals surface area (Å²) in [4.78, 5) is 10.2. The van der Waals surface area contributed by atoms with Gasteiger partial charge in [-0.15, -0.1) is 5.10 Å². The molecule has 0 aliphatic heterocycles. The molecule has 2 rings (SSSR count). The van der Waals surface area contributed by atoms with Crippen LogP contribution in [0, 0.1) is 10.1 Å². The Hall–Kier alpha value is -2.01. The number of benzene rings is 1. The highest BCUT2D eigenvalue weighted by atomic mass is 79.9. The third-order valence-electron chi connectivity index (χ3n) is 2.34. The van der Waals surface area contributed by atoms with Gasteiger partial charge in [-0.1, -0.05) is 17.3 Å². The van der Waals surface area contributed by atoms with Crippen molar-refractivity contribution in [2.75, 3.05) is 4.72 Å². The molecule has 1 aromatic heterocycles. The Labute approximate surface area is 121 Å². The van der Waals surface area contributed by atoms with Gasteiger partial charge in [-0.25, -0.2) is 4.68 Å². The van der Waals surface area contributed by atoms with Crippen LogP contribution in [0.25, 0.3) is 0 Å². The third-order valence-corrected chi connectivity index (χ3v) is 4.59. The Morgan fingerprint density at radius 1 is 1.40 bits per heavy atom. The first-order chi connectivity index (χ1) is 9.33. The normalized spacial score (nSPS) is 11.3. The maximum absolute atomic E-state index is 12.2. The summed E-state index contributed by atoms with van der Waals surface area (Å²) in [5, 5.41) is 17.7. The monoisotopic (exact) mass is 361 g/mol. The van der Waals surface area contributed by atoms with E-state index in [4.69, 9.17) is 0 Å². The summed E-state index contributed by atoms with van der Waals surface area (Å²) in [5.74, 6) is 0. The summed E-state index contributed by atoms with van der Waals surface area (Å²) in [6.45, 7) is 0. The number of para-hydroxylation sites is 2. The lowest BCUT2D eigenvalue weighted by Gasteiger charge is -2.08. The highest BCUT2D eigenvalue weighted by Gasteiger charge is 2.26. The molecule has 0 radical (unpaired) electrons. The molecular formula is C9H8BrN5O4S. The number of nitro groups is 1. The SMILES string of the molecule is Cn1nnc(Br)c1S(=O)(=O)Nc1ccccc1[N+](=O)[O-]. The fourth-order valence-electron chi connectivity index (χ4n) is 1.52. The number of sulfonamides is 1. The zero-order valence-corrected chi connectivity index (χ0v) is 12.4. The number of hydrogen-bond donors (Lipinski definition) is 1. The summed E-state index contributed by atoms with van der Waals surface area (Å²) in [5.41, 5.74) is -0.479. The van der Waals surface area contributed by atoms with Crippen LogP contribution in [-0.2, 0) is 17.1 Å². The molecule has 20 heavy (non-hydrogen) atoms. The van der Waals surface area contributed by atoms with E-state index in [-0.39, 0.29) is 21.0 Å². The fourth-order valence-corrected chi connectivity index (χ4v) is 3.69. The van der Waals surface area contributed by atoms with Gasteiger partial charge < -0.3 is 0 Å². The van der Waals surface area contributed by atoms with E-state index in [1.54, 1.807) is 0 Å². The Balaban J connectivity index is 2.47. The van der Waals surface area contributed by atoms with Crippen LogP contribution in [0.4, 0.5) is 11.4 Å². The van der Waals surface area contributed by atoms with E-state index < -0.39 is 14.9 Å². The van der Waals surface area contributed by atoms with Crippen LogP contribution in [0.3, 0.4) is 0 Å². The highest BCUT2D eigenvalue weighted by molar-refractivity contribution is 9.10. The summed E-state index contributed by atoms with van der Waals surface area (Å²) in [7, 11) is -2.66. The Bertz CT molecular complexity index is 753. The molecule has 11 heteroatoms. The van der Waals surface area contributed by atoms with Crippen molar-refractivity contribution < 1.29 is 13.3 Å². The minimum atomic E-state index is -4.05. The summed E-state index contributed by atoms with van der Waals surface area (Å²) >= 11 is 2.97. The van der Waals surface area contributed by atoms with Crippen LogP contribution in [0.2, 0.25) is 0 Å². The molecule has 106 valence electrons. The van der Waals surface area contributed by atoms with Gasteiger partial charge in [0.25, 0.3) is 15.7 Å². The molecule has 0 spiro atoms. The standard InChI is InChI=1S/C9H8BrN5O4S/c1-14-9(8(10)11-13-14)20(18,19)12-6-4-2-3-5-7(6)15(16)17/h2-5,12H,1H3. The van der Waals surface area contributed by atoms with E-state index in [1.807, 2.05) is 0 Å². The van der Waals surface area contributed by atoms with Crippen LogP contribution in [0.15, 0.2) is 33.9 Å². The van der Waals surface area contributed by atoms with Gasteiger partial charge in [-0.2, -0.15) is 8.42 Å². The molecule has 1 aromatic carbocycles.